The van der Waals surface area contributed by atoms with E-state index in [1.807, 2.05) is 36.4 Å². The minimum atomic E-state index is -0.596. The molecule has 0 unspecified atom stereocenters. The summed E-state index contributed by atoms with van der Waals surface area (Å²) >= 11 is 0. The molecule has 1 fully saturated rings. The van der Waals surface area contributed by atoms with Crippen LogP contribution < -0.4 is 10.5 Å². The molecule has 5 heteroatoms. The lowest BCUT2D eigenvalue weighted by Gasteiger charge is -2.24. The van der Waals surface area contributed by atoms with Gasteiger partial charge >= 0.3 is 0 Å². The molecular formula is C19H14N2O3. The van der Waals surface area contributed by atoms with Crippen LogP contribution >= 0.6 is 0 Å². The summed E-state index contributed by atoms with van der Waals surface area (Å²) in [5, 5.41) is 11.4. The van der Waals surface area contributed by atoms with Crippen LogP contribution in [0.2, 0.25) is 0 Å². The highest BCUT2D eigenvalue weighted by atomic mass is 16.7. The van der Waals surface area contributed by atoms with E-state index in [1.165, 1.54) is 6.26 Å². The van der Waals surface area contributed by atoms with Gasteiger partial charge < -0.3 is 4.42 Å². The van der Waals surface area contributed by atoms with E-state index in [0.717, 1.165) is 5.69 Å². The number of rotatable bonds is 2. The Balaban J connectivity index is 1.83. The second kappa shape index (κ2) is 5.84. The van der Waals surface area contributed by atoms with Gasteiger partial charge in [0.05, 0.1) is 28.7 Å². The van der Waals surface area contributed by atoms with Crippen LogP contribution in [0.3, 0.4) is 0 Å². The van der Waals surface area contributed by atoms with Gasteiger partial charge in [0.15, 0.2) is 11.5 Å². The van der Waals surface area contributed by atoms with Crippen molar-refractivity contribution in [2.45, 2.75) is 18.6 Å². The molecule has 0 amide bonds. The normalized spacial score (nSPS) is 20.2. The molecule has 5 nitrogen and oxygen atoms in total. The fourth-order valence-electron chi connectivity index (χ4n) is 3.02. The van der Waals surface area contributed by atoms with Crippen LogP contribution in [-0.2, 0) is 4.84 Å². The van der Waals surface area contributed by atoms with E-state index in [-0.39, 0.29) is 11.5 Å². The predicted octanol–water partition coefficient (Wildman–Crippen LogP) is 3.57. The van der Waals surface area contributed by atoms with Crippen LogP contribution in [0.15, 0.2) is 70.1 Å². The maximum Gasteiger partial charge on any atom is 0.198 e. The second-order valence-corrected chi connectivity index (χ2v) is 5.65. The molecule has 2 aromatic carbocycles. The molecule has 1 aliphatic rings. The quantitative estimate of drug-likeness (QED) is 0.722. The highest BCUT2D eigenvalue weighted by molar-refractivity contribution is 5.76. The Labute approximate surface area is 138 Å². The van der Waals surface area contributed by atoms with Crippen LogP contribution in [-0.4, -0.2) is 6.10 Å². The molecule has 118 valence electrons. The summed E-state index contributed by atoms with van der Waals surface area (Å²) in [6.07, 6.45) is 1.30. The molecule has 0 radical (unpaired) electrons. The van der Waals surface area contributed by atoms with Gasteiger partial charge in [-0.2, -0.15) is 5.26 Å². The van der Waals surface area contributed by atoms with Gasteiger partial charge in [0.2, 0.25) is 0 Å². The molecule has 1 aromatic heterocycles. The van der Waals surface area contributed by atoms with Gasteiger partial charge in [0.25, 0.3) is 0 Å². The highest BCUT2D eigenvalue weighted by Crippen LogP contribution is 2.37. The molecule has 0 spiro atoms. The number of nitrogens with zero attached hydrogens (tertiary/aromatic N) is 2. The van der Waals surface area contributed by atoms with Crippen LogP contribution in [0.25, 0.3) is 11.0 Å². The number of hydrogen-bond acceptors (Lipinski definition) is 5. The van der Waals surface area contributed by atoms with Crippen molar-refractivity contribution in [1.29, 1.82) is 5.26 Å². The topological polar surface area (TPSA) is 66.5 Å². The van der Waals surface area contributed by atoms with Gasteiger partial charge in [-0.05, 0) is 24.3 Å². The lowest BCUT2D eigenvalue weighted by atomic mass is 10.0. The predicted molar refractivity (Wildman–Crippen MR) is 89.2 cm³/mol. The third kappa shape index (κ3) is 2.34. The van der Waals surface area contributed by atoms with Crippen molar-refractivity contribution in [2.75, 3.05) is 5.06 Å². The highest BCUT2D eigenvalue weighted by Gasteiger charge is 2.37. The zero-order chi connectivity index (χ0) is 16.5. The van der Waals surface area contributed by atoms with E-state index < -0.39 is 6.10 Å². The fourth-order valence-corrected chi connectivity index (χ4v) is 3.02. The van der Waals surface area contributed by atoms with E-state index in [2.05, 4.69) is 6.07 Å². The molecule has 1 aliphatic heterocycles. The molecule has 2 heterocycles. The minimum Gasteiger partial charge on any atom is -0.464 e. The zero-order valence-electron chi connectivity index (χ0n) is 12.8. The SMILES string of the molecule is N#C[C@H]1C[C@@H](c2coc3ccccc3c2=O)N(c2ccccc2)O1. The lowest BCUT2D eigenvalue weighted by molar-refractivity contribution is 0.118. The van der Waals surface area contributed by atoms with Crippen molar-refractivity contribution in [1.82, 2.24) is 0 Å². The van der Waals surface area contributed by atoms with Gasteiger partial charge in [-0.1, -0.05) is 30.3 Å². The number of anilines is 1. The first-order chi connectivity index (χ1) is 11.8. The van der Waals surface area contributed by atoms with E-state index in [0.29, 0.717) is 23.0 Å². The molecule has 4 rings (SSSR count). The molecule has 2 atom stereocenters. The number of nitriles is 1. The Morgan fingerprint density at radius 3 is 2.62 bits per heavy atom. The van der Waals surface area contributed by atoms with E-state index >= 15 is 0 Å². The maximum absolute atomic E-state index is 12.9. The fraction of sp³-hybridized carbons (Fsp3) is 0.158. The van der Waals surface area contributed by atoms with Crippen LogP contribution in [0.1, 0.15) is 18.0 Å². The standard InChI is InChI=1S/C19H14N2O3/c20-11-14-10-17(21(24-14)13-6-2-1-3-7-13)16-12-23-18-9-5-4-8-15(18)19(16)22/h1-9,12,14,17H,10H2/t14-,17+/m1/s1. The van der Waals surface area contributed by atoms with Gasteiger partial charge in [-0.25, -0.2) is 5.06 Å². The summed E-state index contributed by atoms with van der Waals surface area (Å²) in [6, 6.07) is 18.3. The summed E-state index contributed by atoms with van der Waals surface area (Å²) in [5.41, 5.74) is 1.75. The van der Waals surface area contributed by atoms with Crippen molar-refractivity contribution < 1.29 is 9.25 Å². The molecule has 0 bridgehead atoms. The maximum atomic E-state index is 12.9. The largest absolute Gasteiger partial charge is 0.464 e. The first-order valence-corrected chi connectivity index (χ1v) is 7.69. The summed E-state index contributed by atoms with van der Waals surface area (Å²) in [7, 11) is 0. The third-order valence-corrected chi connectivity index (χ3v) is 4.18. The van der Waals surface area contributed by atoms with E-state index in [1.54, 1.807) is 23.3 Å². The Bertz CT molecular complexity index is 975. The average molecular weight is 318 g/mol. The molecule has 24 heavy (non-hydrogen) atoms. The Hall–Kier alpha value is -3.10. The first-order valence-electron chi connectivity index (χ1n) is 7.69. The molecule has 0 saturated carbocycles. The molecule has 0 aliphatic carbocycles. The number of benzene rings is 2. The Kier molecular flexibility index (Phi) is 3.52. The number of hydroxylamine groups is 1. The van der Waals surface area contributed by atoms with Crippen molar-refractivity contribution in [3.8, 4) is 6.07 Å². The monoisotopic (exact) mass is 318 g/mol. The van der Waals surface area contributed by atoms with Gasteiger partial charge in [-0.15, -0.1) is 0 Å². The third-order valence-electron chi connectivity index (χ3n) is 4.18. The second-order valence-electron chi connectivity index (χ2n) is 5.65. The van der Waals surface area contributed by atoms with Crippen molar-refractivity contribution >= 4 is 16.7 Å². The van der Waals surface area contributed by atoms with E-state index in [4.69, 9.17) is 9.25 Å². The van der Waals surface area contributed by atoms with Crippen LogP contribution in [0.4, 0.5) is 5.69 Å². The Morgan fingerprint density at radius 2 is 1.83 bits per heavy atom. The van der Waals surface area contributed by atoms with Crippen molar-refractivity contribution in [2.24, 2.45) is 0 Å². The number of hydrogen-bond donors (Lipinski definition) is 0. The first kappa shape index (κ1) is 14.5. The van der Waals surface area contributed by atoms with Gasteiger partial charge in [0, 0.05) is 6.42 Å². The molecule has 0 N–H and O–H groups in total. The zero-order valence-corrected chi connectivity index (χ0v) is 12.8. The summed E-state index contributed by atoms with van der Waals surface area (Å²) in [5.74, 6) is 0. The summed E-state index contributed by atoms with van der Waals surface area (Å²) in [6.45, 7) is 0. The van der Waals surface area contributed by atoms with Crippen LogP contribution in [0, 0.1) is 11.3 Å². The van der Waals surface area contributed by atoms with Crippen LogP contribution in [0.5, 0.6) is 0 Å². The summed E-state index contributed by atoms with van der Waals surface area (Å²) < 4.78 is 5.62. The smallest absolute Gasteiger partial charge is 0.198 e. The molecule has 3 aromatic rings. The van der Waals surface area contributed by atoms with Gasteiger partial charge in [0.1, 0.15) is 11.8 Å². The van der Waals surface area contributed by atoms with Gasteiger partial charge in [-0.3, -0.25) is 9.63 Å². The van der Waals surface area contributed by atoms with Crippen molar-refractivity contribution in [3.63, 3.8) is 0 Å². The Morgan fingerprint density at radius 1 is 1.08 bits per heavy atom. The number of para-hydroxylation sites is 2. The molecular weight excluding hydrogens is 304 g/mol. The van der Waals surface area contributed by atoms with Crippen molar-refractivity contribution in [3.05, 3.63) is 76.6 Å². The molecule has 1 saturated heterocycles. The summed E-state index contributed by atoms with van der Waals surface area (Å²) in [4.78, 5) is 18.6. The average Bonchev–Trinajstić information content (AvgIpc) is 3.07. The minimum absolute atomic E-state index is 0.0926. The van der Waals surface area contributed by atoms with E-state index in [9.17, 15) is 10.1 Å². The lowest BCUT2D eigenvalue weighted by Crippen LogP contribution is -2.25. The number of fused-ring (bicyclic) bond motifs is 1.